The highest BCUT2D eigenvalue weighted by atomic mass is 16.6. The Morgan fingerprint density at radius 1 is 1.19 bits per heavy atom. The number of aliphatic hydroxyl groups is 3. The van der Waals surface area contributed by atoms with Gasteiger partial charge in [0, 0.05) is 26.1 Å². The lowest BCUT2D eigenvalue weighted by atomic mass is 9.97. The zero-order valence-electron chi connectivity index (χ0n) is 12.1. The molecule has 1 aromatic rings. The minimum absolute atomic E-state index is 0.127. The third-order valence-electron chi connectivity index (χ3n) is 3.72. The van der Waals surface area contributed by atoms with Gasteiger partial charge in [-0.3, -0.25) is 4.79 Å². The second-order valence-corrected chi connectivity index (χ2v) is 5.44. The van der Waals surface area contributed by atoms with Gasteiger partial charge in [0.15, 0.2) is 0 Å². The normalized spacial score (nSPS) is 28.6. The summed E-state index contributed by atoms with van der Waals surface area (Å²) in [4.78, 5) is 13.6. The van der Waals surface area contributed by atoms with E-state index in [1.807, 2.05) is 6.07 Å². The summed E-state index contributed by atoms with van der Waals surface area (Å²) in [5.74, 6) is -0.127. The fourth-order valence-electron chi connectivity index (χ4n) is 2.51. The van der Waals surface area contributed by atoms with Gasteiger partial charge in [-0.05, 0) is 11.6 Å². The quantitative estimate of drug-likeness (QED) is 0.691. The van der Waals surface area contributed by atoms with Gasteiger partial charge in [-0.25, -0.2) is 0 Å². The first-order chi connectivity index (χ1) is 9.95. The molecular formula is C15H21NO5. The van der Waals surface area contributed by atoms with Crippen molar-refractivity contribution in [3.8, 4) is 0 Å². The van der Waals surface area contributed by atoms with E-state index in [9.17, 15) is 15.0 Å². The molecule has 3 N–H and O–H groups in total. The van der Waals surface area contributed by atoms with Gasteiger partial charge in [-0.2, -0.15) is 0 Å². The van der Waals surface area contributed by atoms with Crippen molar-refractivity contribution >= 4 is 5.91 Å². The molecule has 21 heavy (non-hydrogen) atoms. The van der Waals surface area contributed by atoms with E-state index in [4.69, 9.17) is 9.84 Å². The highest BCUT2D eigenvalue weighted by Gasteiger charge is 2.42. The van der Waals surface area contributed by atoms with Crippen LogP contribution in [0.15, 0.2) is 24.3 Å². The molecule has 1 aliphatic heterocycles. The van der Waals surface area contributed by atoms with Crippen LogP contribution in [0.4, 0.5) is 0 Å². The van der Waals surface area contributed by atoms with Crippen LogP contribution in [0.2, 0.25) is 0 Å². The van der Waals surface area contributed by atoms with E-state index < -0.39 is 24.4 Å². The summed E-state index contributed by atoms with van der Waals surface area (Å²) in [6, 6.07) is 7.10. The molecule has 2 rings (SSSR count). The van der Waals surface area contributed by atoms with E-state index in [1.165, 1.54) is 4.90 Å². The predicted molar refractivity (Wildman–Crippen MR) is 75.9 cm³/mol. The lowest BCUT2D eigenvalue weighted by molar-refractivity contribution is -0.0216. The van der Waals surface area contributed by atoms with Crippen molar-refractivity contribution in [1.82, 2.24) is 4.90 Å². The van der Waals surface area contributed by atoms with Crippen molar-refractivity contribution in [2.24, 2.45) is 0 Å². The lowest BCUT2D eigenvalue weighted by Crippen LogP contribution is -2.34. The van der Waals surface area contributed by atoms with Crippen molar-refractivity contribution in [3.05, 3.63) is 35.4 Å². The topological polar surface area (TPSA) is 90.2 Å². The van der Waals surface area contributed by atoms with E-state index in [1.54, 1.807) is 32.3 Å². The largest absolute Gasteiger partial charge is 0.394 e. The van der Waals surface area contributed by atoms with Crippen molar-refractivity contribution in [3.63, 3.8) is 0 Å². The van der Waals surface area contributed by atoms with Gasteiger partial charge in [0.25, 0.3) is 5.91 Å². The predicted octanol–water partition coefficient (Wildman–Crippen LogP) is -0.588. The first kappa shape index (κ1) is 15.9. The van der Waals surface area contributed by atoms with Crippen LogP contribution in [0.25, 0.3) is 0 Å². The van der Waals surface area contributed by atoms with Gasteiger partial charge in [-0.1, -0.05) is 18.2 Å². The van der Waals surface area contributed by atoms with Crippen LogP contribution in [0, 0.1) is 0 Å². The number of rotatable bonds is 4. The molecule has 6 heteroatoms. The summed E-state index contributed by atoms with van der Waals surface area (Å²) in [6.45, 7) is -0.354. The van der Waals surface area contributed by atoms with Crippen LogP contribution >= 0.6 is 0 Å². The number of carbonyl (C=O) groups is 1. The number of hydrogen-bond donors (Lipinski definition) is 3. The van der Waals surface area contributed by atoms with Crippen molar-refractivity contribution in [2.75, 3.05) is 20.7 Å². The van der Waals surface area contributed by atoms with Gasteiger partial charge in [-0.15, -0.1) is 0 Å². The molecule has 0 saturated carbocycles. The average Bonchev–Trinajstić information content (AvgIpc) is 2.75. The molecule has 0 aromatic heterocycles. The SMILES string of the molecule is CN(C)C(=O)c1ccccc1C[C@@H]1O[C@H](CO)[C@@H](O)[C@H]1O. The van der Waals surface area contributed by atoms with Crippen LogP contribution in [-0.4, -0.2) is 71.2 Å². The monoisotopic (exact) mass is 295 g/mol. The summed E-state index contributed by atoms with van der Waals surface area (Å²) in [7, 11) is 3.34. The van der Waals surface area contributed by atoms with Gasteiger partial charge in [0.2, 0.25) is 0 Å². The fourth-order valence-corrected chi connectivity index (χ4v) is 2.51. The van der Waals surface area contributed by atoms with Gasteiger partial charge >= 0.3 is 0 Å². The van der Waals surface area contributed by atoms with E-state index in [0.717, 1.165) is 5.56 Å². The fraction of sp³-hybridized carbons (Fsp3) is 0.533. The molecule has 1 heterocycles. The smallest absolute Gasteiger partial charge is 0.253 e. The van der Waals surface area contributed by atoms with E-state index >= 15 is 0 Å². The zero-order chi connectivity index (χ0) is 15.6. The lowest BCUT2D eigenvalue weighted by Gasteiger charge is -2.18. The van der Waals surface area contributed by atoms with Crippen molar-refractivity contribution < 1.29 is 24.9 Å². The minimum atomic E-state index is -1.11. The standard InChI is InChI=1S/C15H21NO5/c1-16(2)15(20)10-6-4-3-5-9(10)7-11-13(18)14(19)12(8-17)21-11/h3-6,11-14,17-19H,7-8H2,1-2H3/t11-,12+,13-,14+/m0/s1. The van der Waals surface area contributed by atoms with E-state index in [0.29, 0.717) is 12.0 Å². The third kappa shape index (κ3) is 3.24. The summed E-state index contributed by atoms with van der Waals surface area (Å²) in [5.41, 5.74) is 1.28. The Labute approximate surface area is 123 Å². The second kappa shape index (κ2) is 6.53. The number of aliphatic hydroxyl groups excluding tert-OH is 3. The summed E-state index contributed by atoms with van der Waals surface area (Å²) in [6.07, 6.45) is -3.33. The van der Waals surface area contributed by atoms with Crippen LogP contribution in [0.1, 0.15) is 15.9 Å². The maximum Gasteiger partial charge on any atom is 0.253 e. The molecule has 1 amide bonds. The molecule has 0 radical (unpaired) electrons. The van der Waals surface area contributed by atoms with Crippen molar-refractivity contribution in [2.45, 2.75) is 30.8 Å². The first-order valence-corrected chi connectivity index (χ1v) is 6.87. The molecule has 0 unspecified atom stereocenters. The molecule has 0 spiro atoms. The summed E-state index contributed by atoms with van der Waals surface area (Å²) in [5, 5.41) is 28.8. The molecule has 1 aliphatic rings. The Morgan fingerprint density at radius 2 is 1.81 bits per heavy atom. The highest BCUT2D eigenvalue weighted by Crippen LogP contribution is 2.25. The van der Waals surface area contributed by atoms with Crippen LogP contribution in [0.5, 0.6) is 0 Å². The Balaban J connectivity index is 2.19. The Morgan fingerprint density at radius 3 is 2.38 bits per heavy atom. The van der Waals surface area contributed by atoms with Crippen molar-refractivity contribution in [1.29, 1.82) is 0 Å². The molecular weight excluding hydrogens is 274 g/mol. The summed E-state index contributed by atoms with van der Waals surface area (Å²) >= 11 is 0. The molecule has 116 valence electrons. The Hall–Kier alpha value is -1.47. The van der Waals surface area contributed by atoms with Crippen LogP contribution in [-0.2, 0) is 11.2 Å². The van der Waals surface area contributed by atoms with Crippen LogP contribution < -0.4 is 0 Å². The average molecular weight is 295 g/mol. The molecule has 1 saturated heterocycles. The van der Waals surface area contributed by atoms with Crippen LogP contribution in [0.3, 0.4) is 0 Å². The maximum absolute atomic E-state index is 12.1. The number of hydrogen-bond acceptors (Lipinski definition) is 5. The molecule has 0 aliphatic carbocycles. The van der Waals surface area contributed by atoms with E-state index in [-0.39, 0.29) is 12.5 Å². The number of carbonyl (C=O) groups excluding carboxylic acids is 1. The first-order valence-electron chi connectivity index (χ1n) is 6.87. The number of nitrogens with zero attached hydrogens (tertiary/aromatic N) is 1. The minimum Gasteiger partial charge on any atom is -0.394 e. The number of ether oxygens (including phenoxy) is 1. The van der Waals surface area contributed by atoms with Gasteiger partial charge < -0.3 is 25.0 Å². The number of amides is 1. The Bertz CT molecular complexity index is 505. The number of benzene rings is 1. The molecule has 0 bridgehead atoms. The highest BCUT2D eigenvalue weighted by molar-refractivity contribution is 5.95. The second-order valence-electron chi connectivity index (χ2n) is 5.44. The van der Waals surface area contributed by atoms with E-state index in [2.05, 4.69) is 0 Å². The molecule has 1 fully saturated rings. The van der Waals surface area contributed by atoms with Gasteiger partial charge in [0.05, 0.1) is 12.7 Å². The molecule has 4 atom stereocenters. The Kier molecular flexibility index (Phi) is 4.95. The molecule has 6 nitrogen and oxygen atoms in total. The third-order valence-corrected chi connectivity index (χ3v) is 3.72. The zero-order valence-corrected chi connectivity index (χ0v) is 12.1. The molecule has 1 aromatic carbocycles. The van der Waals surface area contributed by atoms with Gasteiger partial charge in [0.1, 0.15) is 18.3 Å². The summed E-state index contributed by atoms with van der Waals surface area (Å²) < 4.78 is 5.46. The maximum atomic E-state index is 12.1.